The van der Waals surface area contributed by atoms with E-state index in [1.165, 1.54) is 0 Å². The monoisotopic (exact) mass is 486 g/mol. The van der Waals surface area contributed by atoms with Gasteiger partial charge in [-0.25, -0.2) is 0 Å². The minimum Gasteiger partial charge on any atom is -0.324 e. The van der Waals surface area contributed by atoms with E-state index in [1.54, 1.807) is 28.8 Å². The molecule has 1 N–H and O–H groups in total. The molecule has 0 bridgehead atoms. The van der Waals surface area contributed by atoms with Crippen molar-refractivity contribution in [3.8, 4) is 11.4 Å². The van der Waals surface area contributed by atoms with E-state index in [0.29, 0.717) is 22.5 Å². The molecule has 0 saturated heterocycles. The summed E-state index contributed by atoms with van der Waals surface area (Å²) in [6.07, 6.45) is -2.89. The van der Waals surface area contributed by atoms with Crippen LogP contribution in [0.3, 0.4) is 0 Å². The van der Waals surface area contributed by atoms with E-state index >= 15 is 0 Å². The lowest BCUT2D eigenvalue weighted by Crippen LogP contribution is -2.16. The number of thioether (sulfide) groups is 1. The molecular formula is C20H15Cl2F3N4OS. The first-order valence-corrected chi connectivity index (χ1v) is 10.5. The fourth-order valence-electron chi connectivity index (χ4n) is 2.64. The SMILES string of the molecule is C=CCn1c(SCC(=O)Nc2cc(C(F)(F)F)ccc2Cl)nnc1-c1cccc(Cl)c1. The molecule has 162 valence electrons. The van der Waals surface area contributed by atoms with Crippen molar-refractivity contribution in [3.63, 3.8) is 0 Å². The van der Waals surface area contributed by atoms with Crippen LogP contribution in [-0.2, 0) is 17.5 Å². The second-order valence-electron chi connectivity index (χ2n) is 6.25. The highest BCUT2D eigenvalue weighted by Crippen LogP contribution is 2.34. The van der Waals surface area contributed by atoms with E-state index < -0.39 is 17.6 Å². The second-order valence-corrected chi connectivity index (χ2v) is 8.03. The van der Waals surface area contributed by atoms with Gasteiger partial charge in [-0.15, -0.1) is 16.8 Å². The van der Waals surface area contributed by atoms with Crippen molar-refractivity contribution in [2.75, 3.05) is 11.1 Å². The van der Waals surface area contributed by atoms with Crippen molar-refractivity contribution < 1.29 is 18.0 Å². The van der Waals surface area contributed by atoms with Gasteiger partial charge in [0, 0.05) is 17.1 Å². The van der Waals surface area contributed by atoms with Gasteiger partial charge in [0.1, 0.15) is 0 Å². The number of allylic oxidation sites excluding steroid dienone is 1. The molecule has 0 aliphatic carbocycles. The number of aromatic nitrogens is 3. The number of anilines is 1. The minimum absolute atomic E-state index is 0.00409. The Morgan fingerprint density at radius 3 is 2.65 bits per heavy atom. The standard InChI is InChI=1S/C20H15Cl2F3N4OS/c1-2-8-29-18(12-4-3-5-14(21)9-12)27-28-19(29)31-11-17(30)26-16-10-13(20(23,24)25)6-7-15(16)22/h2-7,9-10H,1,8,11H2,(H,26,30). The van der Waals surface area contributed by atoms with Crippen LogP contribution in [0.2, 0.25) is 10.0 Å². The summed E-state index contributed by atoms with van der Waals surface area (Å²) in [6, 6.07) is 9.81. The minimum atomic E-state index is -4.54. The van der Waals surface area contributed by atoms with Gasteiger partial charge in [0.25, 0.3) is 0 Å². The number of rotatable bonds is 7. The molecule has 1 aromatic heterocycles. The van der Waals surface area contributed by atoms with E-state index in [4.69, 9.17) is 23.2 Å². The maximum atomic E-state index is 12.9. The van der Waals surface area contributed by atoms with Crippen LogP contribution in [0.1, 0.15) is 5.56 Å². The highest BCUT2D eigenvalue weighted by Gasteiger charge is 2.31. The Morgan fingerprint density at radius 2 is 1.97 bits per heavy atom. The van der Waals surface area contributed by atoms with Crippen LogP contribution in [0.25, 0.3) is 11.4 Å². The molecular weight excluding hydrogens is 472 g/mol. The molecule has 1 heterocycles. The van der Waals surface area contributed by atoms with E-state index in [2.05, 4.69) is 22.1 Å². The van der Waals surface area contributed by atoms with Gasteiger partial charge < -0.3 is 5.32 Å². The van der Waals surface area contributed by atoms with Gasteiger partial charge in [-0.05, 0) is 30.3 Å². The molecule has 0 unspecified atom stereocenters. The number of carbonyl (C=O) groups is 1. The maximum absolute atomic E-state index is 12.9. The third kappa shape index (κ3) is 5.81. The molecule has 3 aromatic rings. The summed E-state index contributed by atoms with van der Waals surface area (Å²) >= 11 is 13.0. The molecule has 3 rings (SSSR count). The number of benzene rings is 2. The zero-order valence-electron chi connectivity index (χ0n) is 15.8. The molecule has 11 heteroatoms. The summed E-state index contributed by atoms with van der Waals surface area (Å²) < 4.78 is 40.4. The second kappa shape index (κ2) is 9.76. The van der Waals surface area contributed by atoms with Gasteiger partial charge in [0.2, 0.25) is 5.91 Å². The number of hydrogen-bond donors (Lipinski definition) is 1. The predicted octanol–water partition coefficient (Wildman–Crippen LogP) is 6.19. The summed E-state index contributed by atoms with van der Waals surface area (Å²) in [4.78, 5) is 12.3. The highest BCUT2D eigenvalue weighted by molar-refractivity contribution is 7.99. The summed E-state index contributed by atoms with van der Waals surface area (Å²) in [5.41, 5.74) is -0.278. The van der Waals surface area contributed by atoms with Gasteiger partial charge in [0.05, 0.1) is 22.0 Å². The Bertz CT molecular complexity index is 1120. The van der Waals surface area contributed by atoms with Crippen LogP contribution in [0.4, 0.5) is 18.9 Å². The largest absolute Gasteiger partial charge is 0.416 e. The van der Waals surface area contributed by atoms with Crippen LogP contribution in [0, 0.1) is 0 Å². The van der Waals surface area contributed by atoms with E-state index in [9.17, 15) is 18.0 Å². The third-order valence-electron chi connectivity index (χ3n) is 4.01. The fourth-order valence-corrected chi connectivity index (χ4v) is 3.75. The van der Waals surface area contributed by atoms with Crippen molar-refractivity contribution in [1.29, 1.82) is 0 Å². The quantitative estimate of drug-likeness (QED) is 0.319. The molecule has 0 saturated carbocycles. The summed E-state index contributed by atoms with van der Waals surface area (Å²) in [7, 11) is 0. The van der Waals surface area contributed by atoms with E-state index in [-0.39, 0.29) is 16.5 Å². The number of carbonyl (C=O) groups excluding carboxylic acids is 1. The molecule has 31 heavy (non-hydrogen) atoms. The smallest absolute Gasteiger partial charge is 0.324 e. The summed E-state index contributed by atoms with van der Waals surface area (Å²) in [6.45, 7) is 4.11. The average molecular weight is 487 g/mol. The lowest BCUT2D eigenvalue weighted by Gasteiger charge is -2.12. The zero-order valence-corrected chi connectivity index (χ0v) is 18.1. The summed E-state index contributed by atoms with van der Waals surface area (Å²) in [5.74, 6) is -0.105. The predicted molar refractivity (Wildman–Crippen MR) is 116 cm³/mol. The fraction of sp³-hybridized carbons (Fsp3) is 0.150. The molecule has 1 amide bonds. The molecule has 0 radical (unpaired) electrons. The first-order chi connectivity index (χ1) is 14.7. The van der Waals surface area contributed by atoms with Crippen LogP contribution in [0.15, 0.2) is 60.3 Å². The topological polar surface area (TPSA) is 59.8 Å². The number of amides is 1. The Kier molecular flexibility index (Phi) is 7.30. The molecule has 0 aliphatic rings. The molecule has 0 spiro atoms. The van der Waals surface area contributed by atoms with Crippen LogP contribution >= 0.6 is 35.0 Å². The molecule has 0 aliphatic heterocycles. The third-order valence-corrected chi connectivity index (χ3v) is 5.54. The van der Waals surface area contributed by atoms with Crippen LogP contribution < -0.4 is 5.32 Å². The Balaban J connectivity index is 1.74. The normalized spacial score (nSPS) is 11.4. The molecule has 2 aromatic carbocycles. The lowest BCUT2D eigenvalue weighted by molar-refractivity contribution is -0.137. The number of halogens is 5. The Hall–Kier alpha value is -2.49. The van der Waals surface area contributed by atoms with Crippen LogP contribution in [-0.4, -0.2) is 26.4 Å². The molecule has 5 nitrogen and oxygen atoms in total. The number of hydrogen-bond acceptors (Lipinski definition) is 4. The Morgan fingerprint density at radius 1 is 1.19 bits per heavy atom. The Labute approximate surface area is 190 Å². The van der Waals surface area contributed by atoms with Gasteiger partial charge in [-0.3, -0.25) is 9.36 Å². The maximum Gasteiger partial charge on any atom is 0.416 e. The van der Waals surface area contributed by atoms with Gasteiger partial charge in [-0.1, -0.05) is 53.2 Å². The molecule has 0 atom stereocenters. The van der Waals surface area contributed by atoms with Crippen molar-refractivity contribution in [2.45, 2.75) is 17.9 Å². The van der Waals surface area contributed by atoms with Gasteiger partial charge in [-0.2, -0.15) is 13.2 Å². The van der Waals surface area contributed by atoms with Gasteiger partial charge >= 0.3 is 6.18 Å². The van der Waals surface area contributed by atoms with Crippen molar-refractivity contribution >= 4 is 46.6 Å². The average Bonchev–Trinajstić information content (AvgIpc) is 3.10. The zero-order chi connectivity index (χ0) is 22.6. The molecule has 0 fully saturated rings. The van der Waals surface area contributed by atoms with Crippen molar-refractivity contribution in [1.82, 2.24) is 14.8 Å². The number of alkyl halides is 3. The first kappa shape index (κ1) is 23.2. The van der Waals surface area contributed by atoms with Crippen molar-refractivity contribution in [3.05, 3.63) is 70.7 Å². The van der Waals surface area contributed by atoms with Gasteiger partial charge in [0.15, 0.2) is 11.0 Å². The van der Waals surface area contributed by atoms with E-state index in [0.717, 1.165) is 35.5 Å². The first-order valence-electron chi connectivity index (χ1n) is 8.78. The lowest BCUT2D eigenvalue weighted by atomic mass is 10.2. The highest BCUT2D eigenvalue weighted by atomic mass is 35.5. The summed E-state index contributed by atoms with van der Waals surface area (Å²) in [5, 5.41) is 11.7. The number of nitrogens with one attached hydrogen (secondary N) is 1. The van der Waals surface area contributed by atoms with E-state index in [1.807, 2.05) is 6.07 Å². The van der Waals surface area contributed by atoms with Crippen molar-refractivity contribution in [2.24, 2.45) is 0 Å². The van der Waals surface area contributed by atoms with Crippen LogP contribution in [0.5, 0.6) is 0 Å². The number of nitrogens with zero attached hydrogens (tertiary/aromatic N) is 3.